The van der Waals surface area contributed by atoms with Gasteiger partial charge in [0.1, 0.15) is 17.6 Å². The second-order valence-corrected chi connectivity index (χ2v) is 7.59. The van der Waals surface area contributed by atoms with Crippen molar-refractivity contribution in [1.29, 1.82) is 0 Å². The number of aryl methyl sites for hydroxylation is 2. The number of hydrogen-bond acceptors (Lipinski definition) is 6. The summed E-state index contributed by atoms with van der Waals surface area (Å²) in [7, 11) is 1.78. The summed E-state index contributed by atoms with van der Waals surface area (Å²) in [4.78, 5) is 5.88. The van der Waals surface area contributed by atoms with E-state index in [-0.39, 0.29) is 11.6 Å². The Morgan fingerprint density at radius 3 is 2.87 bits per heavy atom. The third kappa shape index (κ3) is 3.22. The largest absolute Gasteiger partial charge is 0.482 e. The van der Waals surface area contributed by atoms with Crippen LogP contribution in [0.5, 0.6) is 5.75 Å². The van der Waals surface area contributed by atoms with Gasteiger partial charge in [-0.3, -0.25) is 4.68 Å². The number of nitrogens with two attached hydrogens (primary N) is 1. The highest BCUT2D eigenvalue weighted by Gasteiger charge is 2.25. The Labute approximate surface area is 178 Å². The molecule has 31 heavy (non-hydrogen) atoms. The molecule has 1 aliphatic rings. The summed E-state index contributed by atoms with van der Waals surface area (Å²) >= 11 is 0. The maximum absolute atomic E-state index is 14.2. The van der Waals surface area contributed by atoms with Crippen molar-refractivity contribution in [3.63, 3.8) is 0 Å². The van der Waals surface area contributed by atoms with E-state index in [0.29, 0.717) is 30.0 Å². The fourth-order valence-electron chi connectivity index (χ4n) is 4.10. The number of benzene rings is 1. The van der Waals surface area contributed by atoms with Gasteiger partial charge in [0.2, 0.25) is 0 Å². The highest BCUT2D eigenvalue weighted by molar-refractivity contribution is 5.71. The first-order valence-electron chi connectivity index (χ1n) is 10.1. The Morgan fingerprint density at radius 2 is 2.06 bits per heavy atom. The van der Waals surface area contributed by atoms with Gasteiger partial charge in [0.15, 0.2) is 11.6 Å². The fourth-order valence-corrected chi connectivity index (χ4v) is 4.10. The Morgan fingerprint density at radius 1 is 1.23 bits per heavy atom. The van der Waals surface area contributed by atoms with Gasteiger partial charge in [0.25, 0.3) is 0 Å². The summed E-state index contributed by atoms with van der Waals surface area (Å²) in [6.45, 7) is 4.59. The Balaban J connectivity index is 1.81. The predicted octanol–water partition coefficient (Wildman–Crippen LogP) is 3.53. The first-order valence-corrected chi connectivity index (χ1v) is 10.1. The Kier molecular flexibility index (Phi) is 4.46. The van der Waals surface area contributed by atoms with E-state index in [1.165, 1.54) is 16.9 Å². The van der Waals surface area contributed by atoms with Crippen molar-refractivity contribution in [1.82, 2.24) is 29.8 Å². The lowest BCUT2D eigenvalue weighted by Crippen LogP contribution is -2.10. The molecule has 0 saturated heterocycles. The van der Waals surface area contributed by atoms with Crippen LogP contribution >= 0.6 is 0 Å². The molecule has 9 heteroatoms. The van der Waals surface area contributed by atoms with Gasteiger partial charge in [-0.25, -0.2) is 9.37 Å². The summed E-state index contributed by atoms with van der Waals surface area (Å²) in [6.07, 6.45) is 3.59. The molecule has 0 radical (unpaired) electrons. The molecule has 8 nitrogen and oxygen atoms in total. The van der Waals surface area contributed by atoms with Crippen molar-refractivity contribution in [2.75, 3.05) is 5.73 Å². The first kappa shape index (κ1) is 19.2. The molecule has 1 aromatic carbocycles. The van der Waals surface area contributed by atoms with E-state index in [1.54, 1.807) is 19.3 Å². The molecular weight excluding hydrogens is 397 g/mol. The highest BCUT2D eigenvalue weighted by Crippen LogP contribution is 2.37. The monoisotopic (exact) mass is 419 g/mol. The molecule has 0 fully saturated rings. The van der Waals surface area contributed by atoms with E-state index in [4.69, 9.17) is 10.5 Å². The van der Waals surface area contributed by atoms with Crippen LogP contribution in [-0.4, -0.2) is 29.8 Å². The smallest absolute Gasteiger partial charge is 0.166 e. The van der Waals surface area contributed by atoms with Gasteiger partial charge >= 0.3 is 0 Å². The average molecular weight is 419 g/mol. The normalized spacial score (nSPS) is 15.2. The van der Waals surface area contributed by atoms with Crippen LogP contribution < -0.4 is 10.5 Å². The van der Waals surface area contributed by atoms with Crippen LogP contribution in [0.1, 0.15) is 36.8 Å². The van der Waals surface area contributed by atoms with Crippen LogP contribution in [0.4, 0.5) is 10.2 Å². The van der Waals surface area contributed by atoms with Crippen LogP contribution in [0.2, 0.25) is 0 Å². The number of fused-ring (bicyclic) bond motifs is 7. The lowest BCUT2D eigenvalue weighted by atomic mass is 9.96. The van der Waals surface area contributed by atoms with Crippen molar-refractivity contribution in [2.45, 2.75) is 32.9 Å². The zero-order valence-electron chi connectivity index (χ0n) is 17.5. The summed E-state index contributed by atoms with van der Waals surface area (Å²) in [5.41, 5.74) is 11.8. The minimum Gasteiger partial charge on any atom is -0.482 e. The van der Waals surface area contributed by atoms with Crippen LogP contribution in [-0.2, 0) is 20.0 Å². The van der Waals surface area contributed by atoms with E-state index >= 15 is 0 Å². The van der Waals surface area contributed by atoms with Crippen LogP contribution in [0.3, 0.4) is 0 Å². The molecular formula is C22H22FN7O. The number of halogens is 1. The number of aromatic nitrogens is 6. The second-order valence-electron chi connectivity index (χ2n) is 7.59. The number of hydrogen-bond donors (Lipinski definition) is 1. The van der Waals surface area contributed by atoms with E-state index in [1.807, 2.05) is 30.8 Å². The molecule has 1 atom stereocenters. The SMILES string of the molecule is CCn1ncc2c1-c1cnc(N)c(c1)OC(C)c1cc(F)ccc1-c1nn(C)nc1C2. The molecule has 5 rings (SSSR count). The quantitative estimate of drug-likeness (QED) is 0.507. The molecule has 4 heterocycles. The molecule has 0 spiro atoms. The standard InChI is InChI=1S/C22H22FN7O/c1-4-30-21-13(11-26-30)7-18-20(28-29(3)27-18)16-6-5-15(23)9-17(16)12(2)31-19-8-14(21)10-25-22(19)24/h5-6,8-12H,4,7H2,1-3H3,(H2,24,25). The lowest BCUT2D eigenvalue weighted by molar-refractivity contribution is 0.227. The molecule has 0 amide bonds. The first-order chi connectivity index (χ1) is 14.9. The number of nitrogens with zero attached hydrogens (tertiary/aromatic N) is 6. The van der Waals surface area contributed by atoms with Gasteiger partial charge in [0.05, 0.1) is 17.6 Å². The Bertz CT molecular complexity index is 1290. The van der Waals surface area contributed by atoms with Crippen molar-refractivity contribution in [3.8, 4) is 28.3 Å². The van der Waals surface area contributed by atoms with Gasteiger partial charge in [-0.15, -0.1) is 0 Å². The van der Waals surface area contributed by atoms with Gasteiger partial charge < -0.3 is 10.5 Å². The Hall–Kier alpha value is -3.75. The molecule has 3 aromatic heterocycles. The maximum atomic E-state index is 14.2. The summed E-state index contributed by atoms with van der Waals surface area (Å²) in [6, 6.07) is 6.48. The number of ether oxygens (including phenoxy) is 1. The fraction of sp³-hybridized carbons (Fsp3) is 0.273. The van der Waals surface area contributed by atoms with E-state index in [9.17, 15) is 4.39 Å². The highest BCUT2D eigenvalue weighted by atomic mass is 19.1. The maximum Gasteiger partial charge on any atom is 0.166 e. The number of nitrogen functional groups attached to an aromatic ring is 1. The predicted molar refractivity (Wildman–Crippen MR) is 114 cm³/mol. The second kappa shape index (κ2) is 7.19. The molecule has 2 bridgehead atoms. The average Bonchev–Trinajstić information content (AvgIpc) is 3.32. The van der Waals surface area contributed by atoms with Crippen LogP contribution in [0.25, 0.3) is 22.5 Å². The molecule has 0 saturated carbocycles. The minimum absolute atomic E-state index is 0.273. The van der Waals surface area contributed by atoms with Gasteiger partial charge in [0, 0.05) is 48.5 Å². The zero-order chi connectivity index (χ0) is 21.7. The van der Waals surface area contributed by atoms with Crippen molar-refractivity contribution >= 4 is 5.82 Å². The molecule has 158 valence electrons. The summed E-state index contributed by atoms with van der Waals surface area (Å²) < 4.78 is 22.3. The molecule has 2 N–H and O–H groups in total. The van der Waals surface area contributed by atoms with Gasteiger partial charge in [-0.05, 0) is 38.1 Å². The third-order valence-corrected chi connectivity index (χ3v) is 5.52. The van der Waals surface area contributed by atoms with Gasteiger partial charge in [-0.2, -0.15) is 20.1 Å². The van der Waals surface area contributed by atoms with Crippen molar-refractivity contribution < 1.29 is 9.13 Å². The van der Waals surface area contributed by atoms with E-state index in [2.05, 4.69) is 20.3 Å². The number of pyridine rings is 1. The lowest BCUT2D eigenvalue weighted by Gasteiger charge is -2.20. The third-order valence-electron chi connectivity index (χ3n) is 5.52. The molecule has 4 aromatic rings. The number of rotatable bonds is 1. The van der Waals surface area contributed by atoms with Gasteiger partial charge in [-0.1, -0.05) is 0 Å². The molecule has 0 aliphatic carbocycles. The molecule has 1 aliphatic heterocycles. The summed E-state index contributed by atoms with van der Waals surface area (Å²) in [5, 5.41) is 13.7. The summed E-state index contributed by atoms with van der Waals surface area (Å²) in [5.74, 6) is 0.364. The molecule has 1 unspecified atom stereocenters. The topological polar surface area (TPSA) is 96.7 Å². The number of anilines is 1. The minimum atomic E-state index is -0.491. The zero-order valence-corrected chi connectivity index (χ0v) is 17.5. The van der Waals surface area contributed by atoms with Crippen LogP contribution in [0.15, 0.2) is 36.7 Å². The van der Waals surface area contributed by atoms with E-state index in [0.717, 1.165) is 28.1 Å². The van der Waals surface area contributed by atoms with E-state index < -0.39 is 6.10 Å². The van der Waals surface area contributed by atoms with Crippen molar-refractivity contribution in [3.05, 3.63) is 59.3 Å². The van der Waals surface area contributed by atoms with Crippen molar-refractivity contribution in [2.24, 2.45) is 7.05 Å². The van der Waals surface area contributed by atoms with Crippen LogP contribution in [0, 0.1) is 5.82 Å².